The van der Waals surface area contributed by atoms with Gasteiger partial charge in [0, 0.05) is 0 Å². The van der Waals surface area contributed by atoms with E-state index in [9.17, 15) is 13.2 Å². The molecule has 0 bridgehead atoms. The fourth-order valence-corrected chi connectivity index (χ4v) is 4.58. The van der Waals surface area contributed by atoms with Gasteiger partial charge in [0.05, 0.1) is 12.0 Å². The first-order valence-corrected chi connectivity index (χ1v) is 10.5. The summed E-state index contributed by atoms with van der Waals surface area (Å²) in [6.45, 7) is 4.11. The Morgan fingerprint density at radius 2 is 1.76 bits per heavy atom. The molecule has 1 aliphatic carbocycles. The van der Waals surface area contributed by atoms with Gasteiger partial charge in [-0.25, -0.2) is 8.42 Å². The number of methoxy groups -OCH3 is 1. The van der Waals surface area contributed by atoms with Gasteiger partial charge in [-0.05, 0) is 36.0 Å². The first kappa shape index (κ1) is 19.9. The maximum atomic E-state index is 12.7. The van der Waals surface area contributed by atoms with Gasteiger partial charge >= 0.3 is 5.97 Å². The molecule has 0 saturated heterocycles. The number of nitrogens with one attached hydrogen (secondary N) is 1. The predicted octanol–water partition coefficient (Wildman–Crippen LogP) is 3.60. The molecule has 0 aliphatic heterocycles. The van der Waals surface area contributed by atoms with E-state index < -0.39 is 22.0 Å². The van der Waals surface area contributed by atoms with Crippen LogP contribution in [0.5, 0.6) is 0 Å². The van der Waals surface area contributed by atoms with Crippen molar-refractivity contribution in [3.63, 3.8) is 0 Å². The summed E-state index contributed by atoms with van der Waals surface area (Å²) in [7, 11) is -2.47. The lowest BCUT2D eigenvalue weighted by atomic mass is 9.85. The third kappa shape index (κ3) is 5.54. The van der Waals surface area contributed by atoms with Crippen molar-refractivity contribution >= 4 is 16.0 Å². The van der Waals surface area contributed by atoms with Crippen molar-refractivity contribution in [3.8, 4) is 0 Å². The van der Waals surface area contributed by atoms with Crippen molar-refractivity contribution in [3.05, 3.63) is 29.8 Å². The molecule has 140 valence electrons. The maximum absolute atomic E-state index is 12.7. The summed E-state index contributed by atoms with van der Waals surface area (Å²) < 4.78 is 32.7. The molecule has 25 heavy (non-hydrogen) atoms. The van der Waals surface area contributed by atoms with Crippen LogP contribution in [0.2, 0.25) is 0 Å². The molecule has 0 spiro atoms. The van der Waals surface area contributed by atoms with Crippen molar-refractivity contribution in [2.24, 2.45) is 5.92 Å². The minimum absolute atomic E-state index is 0.175. The molecular weight excluding hydrogens is 338 g/mol. The number of carbonyl (C=O) groups excluding carboxylic acids is 1. The predicted molar refractivity (Wildman–Crippen MR) is 97.8 cm³/mol. The molecule has 0 aromatic heterocycles. The quantitative estimate of drug-likeness (QED) is 0.747. The molecule has 0 radical (unpaired) electrons. The molecule has 1 aromatic carbocycles. The van der Waals surface area contributed by atoms with Gasteiger partial charge in [0.1, 0.15) is 6.04 Å². The Labute approximate surface area is 151 Å². The lowest BCUT2D eigenvalue weighted by Gasteiger charge is -2.25. The summed E-state index contributed by atoms with van der Waals surface area (Å²) in [4.78, 5) is 12.3. The van der Waals surface area contributed by atoms with Crippen molar-refractivity contribution < 1.29 is 17.9 Å². The number of carbonyl (C=O) groups is 1. The second kappa shape index (κ2) is 8.81. The Kier molecular flexibility index (Phi) is 7.02. The molecule has 0 heterocycles. The van der Waals surface area contributed by atoms with E-state index in [1.807, 2.05) is 12.1 Å². The van der Waals surface area contributed by atoms with Crippen molar-refractivity contribution in [1.82, 2.24) is 4.72 Å². The number of hydrogen-bond donors (Lipinski definition) is 1. The third-order valence-electron chi connectivity index (χ3n) is 4.93. The molecule has 5 nitrogen and oxygen atoms in total. The Hall–Kier alpha value is -1.40. The summed E-state index contributed by atoms with van der Waals surface area (Å²) in [5.74, 6) is 0.177. The van der Waals surface area contributed by atoms with Crippen LogP contribution in [-0.4, -0.2) is 27.5 Å². The fraction of sp³-hybridized carbons (Fsp3) is 0.632. The van der Waals surface area contributed by atoms with Crippen LogP contribution in [0.3, 0.4) is 0 Å². The van der Waals surface area contributed by atoms with E-state index in [1.165, 1.54) is 13.5 Å². The normalized spacial score (nSPS) is 17.4. The minimum atomic E-state index is -3.76. The SMILES string of the molecule is COC(=O)[C@H](CC1CCCCC1)NS(=O)(=O)c1ccc(C(C)C)cc1. The van der Waals surface area contributed by atoms with Gasteiger partial charge in [-0.2, -0.15) is 4.72 Å². The Morgan fingerprint density at radius 1 is 1.16 bits per heavy atom. The highest BCUT2D eigenvalue weighted by atomic mass is 32.2. The van der Waals surface area contributed by atoms with Crippen LogP contribution in [-0.2, 0) is 19.6 Å². The first-order valence-electron chi connectivity index (χ1n) is 9.03. The average molecular weight is 368 g/mol. The van der Waals surface area contributed by atoms with Crippen molar-refractivity contribution in [2.75, 3.05) is 7.11 Å². The Morgan fingerprint density at radius 3 is 2.28 bits per heavy atom. The topological polar surface area (TPSA) is 72.5 Å². The standard InChI is InChI=1S/C19H29NO4S/c1-14(2)16-9-11-17(12-10-16)25(22,23)20-18(19(21)24-3)13-15-7-5-4-6-8-15/h9-12,14-15,18,20H,4-8,13H2,1-3H3/t18-/m0/s1. The summed E-state index contributed by atoms with van der Waals surface area (Å²) in [6, 6.07) is 5.98. The molecule has 1 N–H and O–H groups in total. The highest BCUT2D eigenvalue weighted by Crippen LogP contribution is 2.28. The number of rotatable bonds is 7. The smallest absolute Gasteiger partial charge is 0.323 e. The van der Waals surface area contributed by atoms with Gasteiger partial charge in [-0.15, -0.1) is 0 Å². The second-order valence-corrected chi connectivity index (χ2v) is 8.87. The van der Waals surface area contributed by atoms with Gasteiger partial charge in [-0.1, -0.05) is 58.1 Å². The van der Waals surface area contributed by atoms with Gasteiger partial charge in [0.15, 0.2) is 0 Å². The molecule has 1 aromatic rings. The summed E-state index contributed by atoms with van der Waals surface area (Å²) in [5.41, 5.74) is 1.07. The van der Waals surface area contributed by atoms with Gasteiger partial charge < -0.3 is 4.74 Å². The highest BCUT2D eigenvalue weighted by Gasteiger charge is 2.29. The zero-order chi connectivity index (χ0) is 18.4. The van der Waals surface area contributed by atoms with Crippen LogP contribution in [0.15, 0.2) is 29.2 Å². The lowest BCUT2D eigenvalue weighted by Crippen LogP contribution is -2.42. The average Bonchev–Trinajstić information content (AvgIpc) is 2.61. The molecular formula is C19H29NO4S. The zero-order valence-corrected chi connectivity index (χ0v) is 16.1. The number of ether oxygens (including phenoxy) is 1. The monoisotopic (exact) mass is 367 g/mol. The third-order valence-corrected chi connectivity index (χ3v) is 6.42. The van der Waals surface area contributed by atoms with E-state index in [1.54, 1.807) is 12.1 Å². The molecule has 1 saturated carbocycles. The molecule has 0 unspecified atom stereocenters. The lowest BCUT2D eigenvalue weighted by molar-refractivity contribution is -0.143. The fourth-order valence-electron chi connectivity index (χ4n) is 3.38. The Balaban J connectivity index is 2.13. The summed E-state index contributed by atoms with van der Waals surface area (Å²) >= 11 is 0. The van der Waals surface area contributed by atoms with Gasteiger partial charge in [0.2, 0.25) is 10.0 Å². The van der Waals surface area contributed by atoms with Gasteiger partial charge in [0.25, 0.3) is 0 Å². The molecule has 1 fully saturated rings. The number of esters is 1. The summed E-state index contributed by atoms with van der Waals surface area (Å²) in [6.07, 6.45) is 6.07. The molecule has 0 amide bonds. The molecule has 6 heteroatoms. The van der Waals surface area contributed by atoms with E-state index in [2.05, 4.69) is 18.6 Å². The van der Waals surface area contributed by atoms with E-state index in [0.717, 1.165) is 31.2 Å². The van der Waals surface area contributed by atoms with Crippen molar-refractivity contribution in [2.45, 2.75) is 69.2 Å². The number of benzene rings is 1. The van der Waals surface area contributed by atoms with Crippen LogP contribution >= 0.6 is 0 Å². The van der Waals surface area contributed by atoms with Gasteiger partial charge in [-0.3, -0.25) is 4.79 Å². The van der Waals surface area contributed by atoms with Crippen LogP contribution in [0.4, 0.5) is 0 Å². The minimum Gasteiger partial charge on any atom is -0.468 e. The number of hydrogen-bond acceptors (Lipinski definition) is 4. The van der Waals surface area contributed by atoms with Crippen LogP contribution in [0.1, 0.15) is 63.9 Å². The van der Waals surface area contributed by atoms with Crippen LogP contribution in [0.25, 0.3) is 0 Å². The summed E-state index contributed by atoms with van der Waals surface area (Å²) in [5, 5.41) is 0. The number of sulfonamides is 1. The zero-order valence-electron chi connectivity index (χ0n) is 15.3. The van der Waals surface area contributed by atoms with Crippen molar-refractivity contribution in [1.29, 1.82) is 0 Å². The second-order valence-electron chi connectivity index (χ2n) is 7.16. The molecule has 1 aliphatic rings. The van der Waals surface area contributed by atoms with Crippen LogP contribution < -0.4 is 4.72 Å². The highest BCUT2D eigenvalue weighted by molar-refractivity contribution is 7.89. The first-order chi connectivity index (χ1) is 11.8. The van der Waals surface area contributed by atoms with E-state index >= 15 is 0 Å². The van der Waals surface area contributed by atoms with E-state index in [0.29, 0.717) is 18.3 Å². The van der Waals surface area contributed by atoms with Crippen LogP contribution in [0, 0.1) is 5.92 Å². The Bertz CT molecular complexity index is 661. The van der Waals surface area contributed by atoms with E-state index in [-0.39, 0.29) is 4.90 Å². The largest absolute Gasteiger partial charge is 0.468 e. The molecule has 1 atom stereocenters. The van der Waals surface area contributed by atoms with E-state index in [4.69, 9.17) is 4.74 Å². The molecule has 2 rings (SSSR count). The maximum Gasteiger partial charge on any atom is 0.323 e.